The quantitative estimate of drug-likeness (QED) is 0.421. The molecule has 0 unspecified atom stereocenters. The summed E-state index contributed by atoms with van der Waals surface area (Å²) in [6.45, 7) is 7.52. The number of amides is 2. The number of rotatable bonds is 9. The van der Waals surface area contributed by atoms with Gasteiger partial charge in [0.25, 0.3) is 10.0 Å². The van der Waals surface area contributed by atoms with Crippen LogP contribution in [0, 0.1) is 0 Å². The maximum absolute atomic E-state index is 14.0. The molecule has 40 heavy (non-hydrogen) atoms. The summed E-state index contributed by atoms with van der Waals surface area (Å²) in [4.78, 5) is 28.6. The van der Waals surface area contributed by atoms with E-state index in [1.165, 1.54) is 17.0 Å². The van der Waals surface area contributed by atoms with Crippen molar-refractivity contribution in [1.82, 2.24) is 10.2 Å². The normalized spacial score (nSPS) is 13.7. The molecule has 0 spiro atoms. The summed E-state index contributed by atoms with van der Waals surface area (Å²) in [6, 6.07) is 21.1. The first kappa shape index (κ1) is 28.9. The van der Waals surface area contributed by atoms with Crippen LogP contribution in [0.5, 0.6) is 11.5 Å². The molecule has 1 N–H and O–H groups in total. The number of anilines is 1. The Kier molecular flexibility index (Phi) is 8.68. The van der Waals surface area contributed by atoms with Gasteiger partial charge in [0, 0.05) is 18.2 Å². The van der Waals surface area contributed by atoms with Gasteiger partial charge in [-0.05, 0) is 57.5 Å². The number of hydrogen-bond donors (Lipinski definition) is 1. The number of nitrogens with one attached hydrogen (secondary N) is 1. The Hall–Kier alpha value is -4.05. The summed E-state index contributed by atoms with van der Waals surface area (Å²) < 4.78 is 40.2. The van der Waals surface area contributed by atoms with Gasteiger partial charge in [0.15, 0.2) is 11.5 Å². The summed E-state index contributed by atoms with van der Waals surface area (Å²) in [5, 5.41) is 2.92. The van der Waals surface area contributed by atoms with Gasteiger partial charge in [-0.25, -0.2) is 8.42 Å². The Balaban J connectivity index is 1.73. The Morgan fingerprint density at radius 1 is 0.900 bits per heavy atom. The average Bonchev–Trinajstić information content (AvgIpc) is 2.94. The van der Waals surface area contributed by atoms with Crippen molar-refractivity contribution in [2.24, 2.45) is 0 Å². The van der Waals surface area contributed by atoms with Gasteiger partial charge in [-0.2, -0.15) is 0 Å². The van der Waals surface area contributed by atoms with Crippen LogP contribution in [0.25, 0.3) is 0 Å². The molecule has 212 valence electrons. The molecule has 4 rings (SSSR count). The van der Waals surface area contributed by atoms with Gasteiger partial charge in [0.2, 0.25) is 11.8 Å². The summed E-state index contributed by atoms with van der Waals surface area (Å²) in [7, 11) is -4.17. The smallest absolute Gasteiger partial charge is 0.264 e. The lowest BCUT2D eigenvalue weighted by atomic mass is 10.1. The minimum absolute atomic E-state index is 0.0332. The number of hydrogen-bond acceptors (Lipinski definition) is 6. The SMILES string of the molecule is C[C@H](C(=O)NC(C)(C)C)N(Cc1ccccc1)C(=O)CN(c1ccc2c(c1)OCCO2)S(=O)(=O)c1ccccc1. The molecule has 3 aromatic rings. The molecular weight excluding hydrogens is 530 g/mol. The van der Waals surface area contributed by atoms with E-state index in [9.17, 15) is 18.0 Å². The molecule has 0 fully saturated rings. The van der Waals surface area contributed by atoms with Crippen molar-refractivity contribution in [3.05, 3.63) is 84.4 Å². The molecule has 0 saturated carbocycles. The van der Waals surface area contributed by atoms with Gasteiger partial charge >= 0.3 is 0 Å². The second-order valence-electron chi connectivity index (χ2n) is 10.6. The van der Waals surface area contributed by atoms with Crippen molar-refractivity contribution in [3.8, 4) is 11.5 Å². The molecule has 10 heteroatoms. The largest absolute Gasteiger partial charge is 0.486 e. The predicted molar refractivity (Wildman–Crippen MR) is 153 cm³/mol. The van der Waals surface area contributed by atoms with Gasteiger partial charge < -0.3 is 19.7 Å². The van der Waals surface area contributed by atoms with Crippen molar-refractivity contribution in [1.29, 1.82) is 0 Å². The van der Waals surface area contributed by atoms with Crippen molar-refractivity contribution >= 4 is 27.5 Å². The zero-order chi connectivity index (χ0) is 28.9. The second kappa shape index (κ2) is 12.0. The van der Waals surface area contributed by atoms with Crippen LogP contribution >= 0.6 is 0 Å². The number of nitrogens with zero attached hydrogens (tertiary/aromatic N) is 2. The fraction of sp³-hybridized carbons (Fsp3) is 0.333. The highest BCUT2D eigenvalue weighted by Gasteiger charge is 2.34. The number of fused-ring (bicyclic) bond motifs is 1. The van der Waals surface area contributed by atoms with Crippen molar-refractivity contribution < 1.29 is 27.5 Å². The average molecular weight is 566 g/mol. The van der Waals surface area contributed by atoms with Crippen LogP contribution in [0.1, 0.15) is 33.3 Å². The topological polar surface area (TPSA) is 105 Å². The van der Waals surface area contributed by atoms with Crippen molar-refractivity contribution in [2.75, 3.05) is 24.1 Å². The zero-order valence-electron chi connectivity index (χ0n) is 23.2. The number of sulfonamides is 1. The van der Waals surface area contributed by atoms with Crippen molar-refractivity contribution in [3.63, 3.8) is 0 Å². The monoisotopic (exact) mass is 565 g/mol. The van der Waals surface area contributed by atoms with Crippen LogP contribution in [0.3, 0.4) is 0 Å². The number of benzene rings is 3. The van der Waals surface area contributed by atoms with Gasteiger partial charge in [0.1, 0.15) is 25.8 Å². The highest BCUT2D eigenvalue weighted by molar-refractivity contribution is 7.92. The van der Waals surface area contributed by atoms with E-state index in [4.69, 9.17) is 9.47 Å². The minimum Gasteiger partial charge on any atom is -0.486 e. The Bertz CT molecular complexity index is 1440. The molecule has 2 amide bonds. The van der Waals surface area contributed by atoms with E-state index in [2.05, 4.69) is 5.32 Å². The van der Waals surface area contributed by atoms with E-state index < -0.39 is 34.1 Å². The standard InChI is InChI=1S/C30H35N3O6S/c1-22(29(35)31-30(2,3)4)32(20-23-11-7-5-8-12-23)28(34)21-33(40(36,37)25-13-9-6-10-14-25)24-15-16-26-27(19-24)39-18-17-38-26/h5-16,19,22H,17-18,20-21H2,1-4H3,(H,31,35)/t22-/m1/s1. The number of ether oxygens (including phenoxy) is 2. The lowest BCUT2D eigenvalue weighted by molar-refractivity contribution is -0.140. The first-order valence-electron chi connectivity index (χ1n) is 13.1. The maximum atomic E-state index is 14.0. The fourth-order valence-electron chi connectivity index (χ4n) is 4.27. The van der Waals surface area contributed by atoms with E-state index in [1.54, 1.807) is 43.3 Å². The van der Waals surface area contributed by atoms with Gasteiger partial charge in [-0.3, -0.25) is 13.9 Å². The highest BCUT2D eigenvalue weighted by Crippen LogP contribution is 2.36. The third-order valence-electron chi connectivity index (χ3n) is 6.29. The summed E-state index contributed by atoms with van der Waals surface area (Å²) in [5.41, 5.74) is 0.539. The zero-order valence-corrected chi connectivity index (χ0v) is 24.0. The Labute approximate surface area is 235 Å². The van der Waals surface area contributed by atoms with Crippen LogP contribution in [0.4, 0.5) is 5.69 Å². The lowest BCUT2D eigenvalue weighted by Crippen LogP contribution is -2.54. The first-order valence-corrected chi connectivity index (χ1v) is 14.5. The Morgan fingerprint density at radius 2 is 1.50 bits per heavy atom. The molecule has 0 aliphatic carbocycles. The summed E-state index contributed by atoms with van der Waals surface area (Å²) >= 11 is 0. The molecule has 0 radical (unpaired) electrons. The highest BCUT2D eigenvalue weighted by atomic mass is 32.2. The van der Waals surface area contributed by atoms with E-state index in [-0.39, 0.29) is 23.0 Å². The maximum Gasteiger partial charge on any atom is 0.264 e. The third-order valence-corrected chi connectivity index (χ3v) is 8.07. The molecule has 0 saturated heterocycles. The second-order valence-corrected chi connectivity index (χ2v) is 12.4. The number of carbonyl (C=O) groups is 2. The molecule has 0 aromatic heterocycles. The van der Waals surface area contributed by atoms with Crippen LogP contribution in [0.15, 0.2) is 83.8 Å². The third kappa shape index (κ3) is 6.93. The van der Waals surface area contributed by atoms with Gasteiger partial charge in [-0.1, -0.05) is 48.5 Å². The van der Waals surface area contributed by atoms with E-state index in [1.807, 2.05) is 51.1 Å². The molecule has 1 atom stereocenters. The Morgan fingerprint density at radius 3 is 2.12 bits per heavy atom. The van der Waals surface area contributed by atoms with Crippen LogP contribution < -0.4 is 19.1 Å². The van der Waals surface area contributed by atoms with E-state index in [0.717, 1.165) is 9.87 Å². The summed E-state index contributed by atoms with van der Waals surface area (Å²) in [5.74, 6) is 0.0171. The van der Waals surface area contributed by atoms with Gasteiger partial charge in [0.05, 0.1) is 10.6 Å². The molecule has 1 aliphatic heterocycles. The molecule has 9 nitrogen and oxygen atoms in total. The number of carbonyl (C=O) groups excluding carboxylic acids is 2. The van der Waals surface area contributed by atoms with Crippen LogP contribution in [0.2, 0.25) is 0 Å². The van der Waals surface area contributed by atoms with Crippen LogP contribution in [-0.2, 0) is 26.2 Å². The van der Waals surface area contributed by atoms with Crippen molar-refractivity contribution in [2.45, 2.75) is 50.7 Å². The minimum atomic E-state index is -4.17. The molecule has 1 heterocycles. The van der Waals surface area contributed by atoms with E-state index >= 15 is 0 Å². The molecular formula is C30H35N3O6S. The van der Waals surface area contributed by atoms with Gasteiger partial charge in [-0.15, -0.1) is 0 Å². The summed E-state index contributed by atoms with van der Waals surface area (Å²) in [6.07, 6.45) is 0. The van der Waals surface area contributed by atoms with E-state index in [0.29, 0.717) is 24.7 Å². The molecule has 3 aromatic carbocycles. The molecule has 1 aliphatic rings. The van der Waals surface area contributed by atoms with Crippen LogP contribution in [-0.4, -0.2) is 56.5 Å². The first-order chi connectivity index (χ1) is 19.0. The predicted octanol–water partition coefficient (Wildman–Crippen LogP) is 3.99. The molecule has 0 bridgehead atoms. The lowest BCUT2D eigenvalue weighted by Gasteiger charge is -2.33. The fourth-order valence-corrected chi connectivity index (χ4v) is 5.70.